The van der Waals surface area contributed by atoms with Gasteiger partial charge in [0.05, 0.1) is 26.4 Å². The van der Waals surface area contributed by atoms with Crippen LogP contribution in [0.2, 0.25) is 0 Å². The summed E-state index contributed by atoms with van der Waals surface area (Å²) in [6, 6.07) is 17.1. The van der Waals surface area contributed by atoms with Crippen molar-refractivity contribution in [3.05, 3.63) is 73.1 Å². The fraction of sp³-hybridized carbons (Fsp3) is 0.560. The molecule has 2 fully saturated rings. The number of hydrogen-bond acceptors (Lipinski definition) is 15. The molecule has 0 spiro atoms. The fourth-order valence-electron chi connectivity index (χ4n) is 7.79. The van der Waals surface area contributed by atoms with E-state index >= 15 is 0 Å². The molecule has 70 heavy (non-hydrogen) atoms. The Morgan fingerprint density at radius 2 is 1.34 bits per heavy atom. The Hall–Kier alpha value is -5.67. The number of amides is 5. The molecule has 0 saturated carbocycles. The van der Waals surface area contributed by atoms with E-state index in [2.05, 4.69) is 57.1 Å². The summed E-state index contributed by atoms with van der Waals surface area (Å²) in [6.45, 7) is 5.97. The van der Waals surface area contributed by atoms with Crippen molar-refractivity contribution in [1.82, 2.24) is 41.1 Å². The first-order valence-electron chi connectivity index (χ1n) is 24.7. The molecule has 2 aromatic heterocycles. The van der Waals surface area contributed by atoms with Crippen LogP contribution in [0.4, 0.5) is 29.0 Å². The highest BCUT2D eigenvalue weighted by atomic mass is 32.2. The van der Waals surface area contributed by atoms with Crippen molar-refractivity contribution in [3.63, 3.8) is 0 Å². The maximum absolute atomic E-state index is 12.6. The zero-order chi connectivity index (χ0) is 49.4. The number of hydrogen-bond donors (Lipinski definition) is 7. The lowest BCUT2D eigenvalue weighted by molar-refractivity contribution is -0.123. The van der Waals surface area contributed by atoms with Crippen LogP contribution >= 0.6 is 11.8 Å². The Labute approximate surface area is 416 Å². The molecule has 0 bridgehead atoms. The Bertz CT molecular complexity index is 2070. The van der Waals surface area contributed by atoms with Gasteiger partial charge < -0.3 is 56.3 Å². The number of rotatable bonds is 36. The summed E-state index contributed by atoms with van der Waals surface area (Å²) in [7, 11) is 1.97. The molecule has 19 nitrogen and oxygen atoms in total. The van der Waals surface area contributed by atoms with E-state index in [0.29, 0.717) is 145 Å². The lowest BCUT2D eigenvalue weighted by Crippen LogP contribution is -2.29. The Morgan fingerprint density at radius 3 is 2.04 bits per heavy atom. The number of nitrogens with one attached hydrogen (secondary N) is 7. The van der Waals surface area contributed by atoms with Crippen LogP contribution in [0.5, 0.6) is 0 Å². The molecule has 4 heterocycles. The van der Waals surface area contributed by atoms with E-state index in [1.54, 1.807) is 30.3 Å². The number of benzene rings is 1. The van der Waals surface area contributed by atoms with Gasteiger partial charge in [-0.05, 0) is 82.8 Å². The molecule has 3 atom stereocenters. The van der Waals surface area contributed by atoms with Crippen LogP contribution in [0.1, 0.15) is 77.0 Å². The van der Waals surface area contributed by atoms with E-state index in [4.69, 9.17) is 14.2 Å². The van der Waals surface area contributed by atoms with Crippen molar-refractivity contribution in [3.8, 4) is 0 Å². The zero-order valence-corrected chi connectivity index (χ0v) is 41.4. The number of ether oxygens (including phenoxy) is 3. The summed E-state index contributed by atoms with van der Waals surface area (Å²) >= 11 is 1.96. The van der Waals surface area contributed by atoms with E-state index in [1.807, 2.05) is 49.1 Å². The molecule has 20 heteroatoms. The normalized spacial score (nSPS) is 16.2. The summed E-state index contributed by atoms with van der Waals surface area (Å²) in [5, 5.41) is 21.5. The minimum absolute atomic E-state index is 0.0642. The van der Waals surface area contributed by atoms with E-state index < -0.39 is 0 Å². The third kappa shape index (κ3) is 23.3. The summed E-state index contributed by atoms with van der Waals surface area (Å²) in [5.74, 6) is 3.40. The number of likely N-dealkylation sites (N-methyl/N-ethyl adjacent to an activating group) is 1. The summed E-state index contributed by atoms with van der Waals surface area (Å²) in [5.41, 5.74) is 0.906. The van der Waals surface area contributed by atoms with Gasteiger partial charge in [0.2, 0.25) is 29.5 Å². The van der Waals surface area contributed by atoms with Crippen molar-refractivity contribution in [2.45, 2.75) is 88.3 Å². The zero-order valence-electron chi connectivity index (χ0n) is 40.6. The average molecular weight is 988 g/mol. The molecular formula is C50H73N11O8S. The second-order valence-corrected chi connectivity index (χ2v) is 18.6. The van der Waals surface area contributed by atoms with Gasteiger partial charge in [-0.2, -0.15) is 11.8 Å². The van der Waals surface area contributed by atoms with Gasteiger partial charge in [-0.3, -0.25) is 24.0 Å². The van der Waals surface area contributed by atoms with Gasteiger partial charge >= 0.3 is 0 Å². The van der Waals surface area contributed by atoms with E-state index in [-0.39, 0.29) is 29.5 Å². The molecule has 0 unspecified atom stereocenters. The Morgan fingerprint density at radius 1 is 0.714 bits per heavy atom. The SMILES string of the molecule is CN(C/C=C/C(=O)Nc1cccc(Nc2cc(Nc3ccccc3)ncn2)n1)CCCCNC(=O)CCCC(=O)NCCCOCCOCCOCCCNC(=O)CCCC[C@@H]1SC[C@@H]2NC(=O)C[C@@H]21. The maximum Gasteiger partial charge on any atom is 0.249 e. The Kier molecular flexibility index (Phi) is 26.1. The average Bonchev–Trinajstić information content (AvgIpc) is 3.90. The number of para-hydroxylation sites is 1. The third-order valence-corrected chi connectivity index (χ3v) is 13.0. The molecular weight excluding hydrogens is 915 g/mol. The van der Waals surface area contributed by atoms with E-state index in [0.717, 1.165) is 56.5 Å². The summed E-state index contributed by atoms with van der Waals surface area (Å²) < 4.78 is 16.7. The predicted octanol–water partition coefficient (Wildman–Crippen LogP) is 5.09. The number of nitrogens with zero attached hydrogens (tertiary/aromatic N) is 4. The van der Waals surface area contributed by atoms with Gasteiger partial charge in [0.15, 0.2) is 0 Å². The highest BCUT2D eigenvalue weighted by Gasteiger charge is 2.42. The second-order valence-electron chi connectivity index (χ2n) is 17.3. The van der Waals surface area contributed by atoms with Crippen molar-refractivity contribution in [2.75, 3.05) is 101 Å². The quantitative estimate of drug-likeness (QED) is 0.0297. The number of carbonyl (C=O) groups is 5. The highest BCUT2D eigenvalue weighted by Crippen LogP contribution is 2.40. The fourth-order valence-corrected chi connectivity index (χ4v) is 9.44. The van der Waals surface area contributed by atoms with Crippen LogP contribution in [0.15, 0.2) is 73.1 Å². The lowest BCUT2D eigenvalue weighted by Gasteiger charge is -2.15. The van der Waals surface area contributed by atoms with Crippen molar-refractivity contribution in [1.29, 1.82) is 0 Å². The number of thioether (sulfide) groups is 1. The predicted molar refractivity (Wildman–Crippen MR) is 273 cm³/mol. The number of unbranched alkanes of at least 4 members (excludes halogenated alkanes) is 2. The van der Waals surface area contributed by atoms with Crippen LogP contribution in [0.3, 0.4) is 0 Å². The second kappa shape index (κ2) is 33.0. The van der Waals surface area contributed by atoms with Crippen LogP contribution in [0, 0.1) is 5.92 Å². The molecule has 5 amide bonds. The number of pyridine rings is 1. The first kappa shape index (κ1) is 55.3. The minimum Gasteiger partial charge on any atom is -0.379 e. The molecule has 1 aromatic carbocycles. The van der Waals surface area contributed by atoms with Crippen molar-refractivity contribution in [2.24, 2.45) is 5.92 Å². The van der Waals surface area contributed by atoms with Crippen LogP contribution in [-0.4, -0.2) is 146 Å². The molecule has 7 N–H and O–H groups in total. The smallest absolute Gasteiger partial charge is 0.249 e. The van der Waals surface area contributed by atoms with Gasteiger partial charge in [-0.15, -0.1) is 0 Å². The van der Waals surface area contributed by atoms with Gasteiger partial charge in [-0.25, -0.2) is 15.0 Å². The largest absolute Gasteiger partial charge is 0.379 e. The molecule has 3 aromatic rings. The van der Waals surface area contributed by atoms with Crippen molar-refractivity contribution < 1.29 is 38.2 Å². The maximum atomic E-state index is 12.6. The molecule has 0 aliphatic carbocycles. The lowest BCUT2D eigenvalue weighted by atomic mass is 9.94. The topological polar surface area (TPSA) is 239 Å². The molecule has 2 aliphatic heterocycles. The molecule has 2 aliphatic rings. The Balaban J connectivity index is 0.743. The first-order chi connectivity index (χ1) is 34.2. The molecule has 382 valence electrons. The van der Waals surface area contributed by atoms with Crippen LogP contribution < -0.4 is 37.2 Å². The van der Waals surface area contributed by atoms with Crippen LogP contribution in [0.25, 0.3) is 0 Å². The summed E-state index contributed by atoms with van der Waals surface area (Å²) in [6.07, 6.45) is 13.1. The van der Waals surface area contributed by atoms with Gasteiger partial charge in [0, 0.05) is 106 Å². The number of carbonyl (C=O) groups excluding carboxylic acids is 5. The molecule has 0 radical (unpaired) electrons. The minimum atomic E-state index is -0.289. The monoisotopic (exact) mass is 988 g/mol. The van der Waals surface area contributed by atoms with Gasteiger partial charge in [-0.1, -0.05) is 36.8 Å². The number of aromatic nitrogens is 3. The summed E-state index contributed by atoms with van der Waals surface area (Å²) in [4.78, 5) is 75.9. The van der Waals surface area contributed by atoms with Crippen molar-refractivity contribution >= 4 is 70.3 Å². The molecule has 5 rings (SSSR count). The number of anilines is 5. The van der Waals surface area contributed by atoms with E-state index in [1.165, 1.54) is 12.4 Å². The number of fused-ring (bicyclic) bond motifs is 1. The van der Waals surface area contributed by atoms with Gasteiger partial charge in [0.25, 0.3) is 0 Å². The first-order valence-corrected chi connectivity index (χ1v) is 25.7. The van der Waals surface area contributed by atoms with Crippen LogP contribution in [-0.2, 0) is 38.2 Å². The highest BCUT2D eigenvalue weighted by molar-refractivity contribution is 8.00. The molecule has 2 saturated heterocycles. The third-order valence-electron chi connectivity index (χ3n) is 11.5. The van der Waals surface area contributed by atoms with Gasteiger partial charge in [0.1, 0.15) is 29.6 Å². The van der Waals surface area contributed by atoms with E-state index in [9.17, 15) is 24.0 Å². The standard InChI is InChI=1S/C50H73N11O8S/c1-61(27-11-22-49(65)60-43-18-9-17-42(58-43)59-45-35-44(54-37-55-45)56-38-14-3-2-4-15-38)26-8-7-23-51-47(63)20-10-21-48(64)53-25-13-29-68-31-33-69-32-30-67-28-12-24-52-46(62)19-6-5-16-41-39-34-50(66)57-40(39)36-70-41/h2-4,9,11,14-15,17-18,22,35,37,39-41H,5-8,10,12-13,16,19-21,23-34,36H2,1H3,(H,51,63)(H,52,62)(H,53,64)(H,57,66)(H3,54,55,56,58,59,60,65)/b22-11+/t39-,40-,41-/m0/s1.